The van der Waals surface area contributed by atoms with Gasteiger partial charge in [0.15, 0.2) is 0 Å². The van der Waals surface area contributed by atoms with E-state index in [4.69, 9.17) is 10.5 Å². The second-order valence-corrected chi connectivity index (χ2v) is 6.32. The Balaban J connectivity index is 1.56. The summed E-state index contributed by atoms with van der Waals surface area (Å²) in [5, 5.41) is 0.721. The number of nitrogens with two attached hydrogens (primary N) is 1. The van der Waals surface area contributed by atoms with Gasteiger partial charge in [-0.2, -0.15) is 4.37 Å². The summed E-state index contributed by atoms with van der Waals surface area (Å²) in [4.78, 5) is 14.0. The number of anilines is 1. The highest BCUT2D eigenvalue weighted by molar-refractivity contribution is 7.10. The van der Waals surface area contributed by atoms with Gasteiger partial charge in [0, 0.05) is 19.0 Å². The summed E-state index contributed by atoms with van der Waals surface area (Å²) >= 11 is 1.31. The average molecular weight is 317 g/mol. The first-order valence-corrected chi connectivity index (χ1v) is 8.17. The van der Waals surface area contributed by atoms with Crippen LogP contribution in [0.3, 0.4) is 0 Å². The highest BCUT2D eigenvalue weighted by Gasteiger charge is 2.27. The molecule has 1 amide bonds. The van der Waals surface area contributed by atoms with Crippen molar-refractivity contribution in [1.82, 2.24) is 9.27 Å². The highest BCUT2D eigenvalue weighted by atomic mass is 32.1. The molecule has 1 aliphatic rings. The number of hydrogen-bond acceptors (Lipinski definition) is 5. The van der Waals surface area contributed by atoms with Crippen LogP contribution in [0, 0.1) is 0 Å². The van der Waals surface area contributed by atoms with Crippen LogP contribution < -0.4 is 5.73 Å². The molecular weight excluding hydrogens is 298 g/mol. The molecule has 0 aliphatic carbocycles. The molecule has 1 aromatic heterocycles. The molecule has 0 radical (unpaired) electrons. The van der Waals surface area contributed by atoms with E-state index in [2.05, 4.69) is 4.37 Å². The van der Waals surface area contributed by atoms with Gasteiger partial charge in [0.2, 0.25) is 0 Å². The minimum Gasteiger partial charge on any atom is -0.445 e. The summed E-state index contributed by atoms with van der Waals surface area (Å²) < 4.78 is 9.77. The topological polar surface area (TPSA) is 68.5 Å². The predicted octanol–water partition coefficient (Wildman–Crippen LogP) is 3.24. The third-order valence-corrected chi connectivity index (χ3v) is 4.48. The van der Waals surface area contributed by atoms with Crippen LogP contribution in [-0.4, -0.2) is 28.5 Å². The van der Waals surface area contributed by atoms with Gasteiger partial charge in [0.25, 0.3) is 0 Å². The second-order valence-electron chi connectivity index (χ2n) is 5.48. The second kappa shape index (κ2) is 6.79. The number of amides is 1. The first-order chi connectivity index (χ1) is 10.7. The van der Waals surface area contributed by atoms with Crippen LogP contribution in [0.25, 0.3) is 0 Å². The van der Waals surface area contributed by atoms with Crippen molar-refractivity contribution in [2.24, 2.45) is 0 Å². The van der Waals surface area contributed by atoms with Crippen molar-refractivity contribution in [3.8, 4) is 0 Å². The van der Waals surface area contributed by atoms with Crippen molar-refractivity contribution in [2.75, 3.05) is 18.8 Å². The van der Waals surface area contributed by atoms with Crippen LogP contribution in [0.4, 0.5) is 9.80 Å². The molecule has 1 aliphatic heterocycles. The fraction of sp³-hybridized carbons (Fsp3) is 0.375. The lowest BCUT2D eigenvalue weighted by Gasteiger charge is -2.31. The van der Waals surface area contributed by atoms with Crippen molar-refractivity contribution in [2.45, 2.75) is 25.4 Å². The maximum absolute atomic E-state index is 12.2. The van der Waals surface area contributed by atoms with Crippen LogP contribution in [0.5, 0.6) is 0 Å². The summed E-state index contributed by atoms with van der Waals surface area (Å²) in [5.41, 5.74) is 7.73. The number of likely N-dealkylation sites (tertiary alicyclic amines) is 1. The van der Waals surface area contributed by atoms with Gasteiger partial charge in [0.1, 0.15) is 11.6 Å². The van der Waals surface area contributed by atoms with Gasteiger partial charge >= 0.3 is 6.09 Å². The van der Waals surface area contributed by atoms with Gasteiger partial charge in [-0.15, -0.1) is 0 Å². The molecule has 0 bridgehead atoms. The Kier molecular flexibility index (Phi) is 4.58. The van der Waals surface area contributed by atoms with E-state index in [1.54, 1.807) is 4.90 Å². The van der Waals surface area contributed by atoms with Crippen molar-refractivity contribution in [3.05, 3.63) is 47.7 Å². The van der Waals surface area contributed by atoms with Crippen LogP contribution in [0.1, 0.15) is 30.0 Å². The molecule has 116 valence electrons. The van der Waals surface area contributed by atoms with Crippen LogP contribution >= 0.6 is 11.5 Å². The average Bonchev–Trinajstić information content (AvgIpc) is 3.00. The molecule has 5 nitrogen and oxygen atoms in total. The smallest absolute Gasteiger partial charge is 0.410 e. The quantitative estimate of drug-likeness (QED) is 0.943. The molecule has 1 atom stereocenters. The molecule has 3 rings (SSSR count). The Labute approximate surface area is 133 Å². The van der Waals surface area contributed by atoms with Crippen molar-refractivity contribution >= 4 is 22.6 Å². The molecule has 22 heavy (non-hydrogen) atoms. The van der Waals surface area contributed by atoms with E-state index in [9.17, 15) is 4.79 Å². The maximum Gasteiger partial charge on any atom is 0.410 e. The number of ether oxygens (including phenoxy) is 1. The number of carbonyl (C=O) groups excluding carboxylic acids is 1. The van der Waals surface area contributed by atoms with E-state index in [-0.39, 0.29) is 12.0 Å². The van der Waals surface area contributed by atoms with Crippen LogP contribution in [-0.2, 0) is 11.3 Å². The number of nitrogens with zero attached hydrogens (tertiary/aromatic N) is 2. The molecule has 2 N–H and O–H groups in total. The Morgan fingerprint density at radius 1 is 1.41 bits per heavy atom. The minimum absolute atomic E-state index is 0.253. The van der Waals surface area contributed by atoms with E-state index in [1.165, 1.54) is 11.5 Å². The fourth-order valence-corrected chi connectivity index (χ4v) is 3.28. The lowest BCUT2D eigenvalue weighted by Crippen LogP contribution is -2.39. The van der Waals surface area contributed by atoms with Crippen molar-refractivity contribution in [3.63, 3.8) is 0 Å². The van der Waals surface area contributed by atoms with Gasteiger partial charge in [-0.05, 0) is 36.0 Å². The minimum atomic E-state index is -0.253. The van der Waals surface area contributed by atoms with Gasteiger partial charge < -0.3 is 15.4 Å². The summed E-state index contributed by atoms with van der Waals surface area (Å²) in [6.07, 6.45) is 1.74. The van der Waals surface area contributed by atoms with Crippen LogP contribution in [0.2, 0.25) is 0 Å². The number of piperidine rings is 1. The molecule has 1 unspecified atom stereocenters. The Hall–Kier alpha value is -2.08. The molecule has 2 heterocycles. The number of hydrogen-bond donors (Lipinski definition) is 1. The zero-order chi connectivity index (χ0) is 15.4. The first kappa shape index (κ1) is 14.8. The number of benzene rings is 1. The zero-order valence-electron chi connectivity index (χ0n) is 12.3. The van der Waals surface area contributed by atoms with Crippen molar-refractivity contribution < 1.29 is 9.53 Å². The summed E-state index contributed by atoms with van der Waals surface area (Å²) in [5.74, 6) is 0.256. The molecule has 6 heteroatoms. The normalized spacial score (nSPS) is 18.2. The van der Waals surface area contributed by atoms with E-state index >= 15 is 0 Å². The fourth-order valence-electron chi connectivity index (χ4n) is 2.69. The van der Waals surface area contributed by atoms with Gasteiger partial charge in [-0.3, -0.25) is 0 Å². The van der Waals surface area contributed by atoms with Crippen molar-refractivity contribution in [1.29, 1.82) is 0 Å². The molecular formula is C16H19N3O2S. The van der Waals surface area contributed by atoms with E-state index in [0.29, 0.717) is 13.2 Å². The molecule has 1 fully saturated rings. The summed E-state index contributed by atoms with van der Waals surface area (Å²) in [6, 6.07) is 11.6. The van der Waals surface area contributed by atoms with E-state index in [0.717, 1.165) is 35.6 Å². The predicted molar refractivity (Wildman–Crippen MR) is 86.7 cm³/mol. The summed E-state index contributed by atoms with van der Waals surface area (Å²) in [6.45, 7) is 1.70. The Morgan fingerprint density at radius 2 is 2.23 bits per heavy atom. The van der Waals surface area contributed by atoms with Gasteiger partial charge in [-0.1, -0.05) is 30.3 Å². The monoisotopic (exact) mass is 317 g/mol. The number of nitrogen functional groups attached to an aromatic ring is 1. The van der Waals surface area contributed by atoms with Gasteiger partial charge in [0.05, 0.1) is 5.69 Å². The lowest BCUT2D eigenvalue weighted by molar-refractivity contribution is 0.0857. The maximum atomic E-state index is 12.2. The molecule has 2 aromatic rings. The highest BCUT2D eigenvalue weighted by Crippen LogP contribution is 2.29. The number of aromatic nitrogens is 1. The Morgan fingerprint density at radius 3 is 2.95 bits per heavy atom. The SMILES string of the molecule is Nc1cc(C2CCCN(C(=O)OCc3ccccc3)C2)ns1. The van der Waals surface area contributed by atoms with E-state index in [1.807, 2.05) is 36.4 Å². The summed E-state index contributed by atoms with van der Waals surface area (Å²) in [7, 11) is 0. The third kappa shape index (κ3) is 3.57. The standard InChI is InChI=1S/C16H19N3O2S/c17-15-9-14(18-22-15)13-7-4-8-19(10-13)16(20)21-11-12-5-2-1-3-6-12/h1-3,5-6,9,13H,4,7-8,10-11,17H2. The largest absolute Gasteiger partial charge is 0.445 e. The zero-order valence-corrected chi connectivity index (χ0v) is 13.1. The third-order valence-electron chi connectivity index (χ3n) is 3.85. The molecule has 0 spiro atoms. The lowest BCUT2D eigenvalue weighted by atomic mass is 9.95. The first-order valence-electron chi connectivity index (χ1n) is 7.40. The molecule has 1 saturated heterocycles. The van der Waals surface area contributed by atoms with Gasteiger partial charge in [-0.25, -0.2) is 4.79 Å². The Bertz CT molecular complexity index is 629. The van der Waals surface area contributed by atoms with Crippen LogP contribution in [0.15, 0.2) is 36.4 Å². The molecule has 1 aromatic carbocycles. The molecule has 0 saturated carbocycles. The number of rotatable bonds is 3. The number of carbonyl (C=O) groups is 1. The van der Waals surface area contributed by atoms with E-state index < -0.39 is 0 Å².